The summed E-state index contributed by atoms with van der Waals surface area (Å²) < 4.78 is 0. The summed E-state index contributed by atoms with van der Waals surface area (Å²) in [5.74, 6) is 0. The van der Waals surface area contributed by atoms with E-state index in [1.807, 2.05) is 0 Å². The van der Waals surface area contributed by atoms with Crippen LogP contribution in [-0.2, 0) is 5.41 Å². The second-order valence-electron chi connectivity index (χ2n) is 15.7. The van der Waals surface area contributed by atoms with Crippen LogP contribution in [0.2, 0.25) is 0 Å². The monoisotopic (exact) mass is 713 g/mol. The van der Waals surface area contributed by atoms with Gasteiger partial charge in [-0.05, 0) is 118 Å². The fourth-order valence-electron chi connectivity index (χ4n) is 9.43. The molecule has 1 nitrogen and oxygen atoms in total. The Labute approximate surface area is 327 Å². The van der Waals surface area contributed by atoms with Crippen molar-refractivity contribution >= 4 is 60.2 Å². The number of nitrogens with zero attached hydrogens (tertiary/aromatic N) is 1. The van der Waals surface area contributed by atoms with Crippen molar-refractivity contribution in [3.8, 4) is 33.4 Å². The van der Waals surface area contributed by atoms with Crippen LogP contribution in [0.5, 0.6) is 0 Å². The van der Waals surface area contributed by atoms with Gasteiger partial charge in [0.25, 0.3) is 0 Å². The zero-order valence-corrected chi connectivity index (χ0v) is 31.5. The van der Waals surface area contributed by atoms with Gasteiger partial charge in [0, 0.05) is 22.4 Å². The highest BCUT2D eigenvalue weighted by Gasteiger charge is 2.36. The van der Waals surface area contributed by atoms with Crippen molar-refractivity contribution in [2.45, 2.75) is 19.3 Å². The highest BCUT2D eigenvalue weighted by Crippen LogP contribution is 2.51. The summed E-state index contributed by atoms with van der Waals surface area (Å²) in [6.07, 6.45) is 0. The third-order valence-corrected chi connectivity index (χ3v) is 12.2. The van der Waals surface area contributed by atoms with Crippen LogP contribution in [0.4, 0.5) is 17.1 Å². The molecule has 1 heteroatoms. The van der Waals surface area contributed by atoms with Crippen LogP contribution in [0.25, 0.3) is 76.5 Å². The zero-order valence-electron chi connectivity index (χ0n) is 31.5. The van der Waals surface area contributed by atoms with Crippen molar-refractivity contribution < 1.29 is 0 Å². The summed E-state index contributed by atoms with van der Waals surface area (Å²) in [5.41, 5.74) is 13.4. The fourth-order valence-corrected chi connectivity index (χ4v) is 9.43. The van der Waals surface area contributed by atoms with E-state index in [-0.39, 0.29) is 5.41 Å². The van der Waals surface area contributed by atoms with E-state index in [1.54, 1.807) is 0 Å². The Morgan fingerprint density at radius 1 is 0.339 bits per heavy atom. The van der Waals surface area contributed by atoms with Crippen LogP contribution >= 0.6 is 0 Å². The average Bonchev–Trinajstić information content (AvgIpc) is 3.49. The Morgan fingerprint density at radius 3 is 1.75 bits per heavy atom. The van der Waals surface area contributed by atoms with E-state index in [0.29, 0.717) is 0 Å². The van der Waals surface area contributed by atoms with Gasteiger partial charge in [-0.3, -0.25) is 0 Å². The molecule has 0 fully saturated rings. The molecule has 0 atom stereocenters. The van der Waals surface area contributed by atoms with E-state index in [0.717, 1.165) is 17.1 Å². The molecule has 0 aliphatic heterocycles. The third kappa shape index (κ3) is 5.01. The van der Waals surface area contributed by atoms with E-state index in [4.69, 9.17) is 0 Å². The molecule has 1 aliphatic rings. The smallest absolute Gasteiger partial charge is 0.0540 e. The first-order valence-corrected chi connectivity index (χ1v) is 19.6. The summed E-state index contributed by atoms with van der Waals surface area (Å²) in [5, 5.41) is 10.2. The minimum atomic E-state index is -0.120. The SMILES string of the molecule is CC1(C)c2ccccc2-c2ccc(N(c3cccc(-c4ccccc4)c3)c3ccccc3-c3ccc4ccc5ccc6ccc7ccccc7c6c5c4c3)cc21. The van der Waals surface area contributed by atoms with E-state index in [9.17, 15) is 0 Å². The Bertz CT molecular complexity index is 3160. The Hall–Kier alpha value is -6.96. The highest BCUT2D eigenvalue weighted by molar-refractivity contribution is 6.27. The number of fused-ring (bicyclic) bond motifs is 10. The molecule has 0 N–H and O–H groups in total. The largest absolute Gasteiger partial charge is 0.310 e. The fraction of sp³-hybridized carbons (Fsp3) is 0.0545. The molecule has 264 valence electrons. The van der Waals surface area contributed by atoms with Crippen molar-refractivity contribution in [3.05, 3.63) is 211 Å². The van der Waals surface area contributed by atoms with Crippen molar-refractivity contribution in [2.75, 3.05) is 4.90 Å². The quantitative estimate of drug-likeness (QED) is 0.161. The summed E-state index contributed by atoms with van der Waals surface area (Å²) >= 11 is 0. The second-order valence-corrected chi connectivity index (χ2v) is 15.7. The molecule has 0 bridgehead atoms. The topological polar surface area (TPSA) is 3.24 Å². The maximum atomic E-state index is 2.47. The molecule has 0 saturated carbocycles. The van der Waals surface area contributed by atoms with Crippen molar-refractivity contribution in [3.63, 3.8) is 0 Å². The van der Waals surface area contributed by atoms with E-state index < -0.39 is 0 Å². The van der Waals surface area contributed by atoms with Gasteiger partial charge in [0.05, 0.1) is 5.69 Å². The van der Waals surface area contributed by atoms with E-state index >= 15 is 0 Å². The predicted molar refractivity (Wildman–Crippen MR) is 240 cm³/mol. The average molecular weight is 714 g/mol. The lowest BCUT2D eigenvalue weighted by Gasteiger charge is -2.30. The Morgan fingerprint density at radius 2 is 0.929 bits per heavy atom. The molecule has 0 radical (unpaired) electrons. The molecule has 11 rings (SSSR count). The lowest BCUT2D eigenvalue weighted by Crippen LogP contribution is -2.17. The minimum absolute atomic E-state index is 0.120. The van der Waals surface area contributed by atoms with Gasteiger partial charge in [0.1, 0.15) is 0 Å². The molecule has 10 aromatic rings. The first-order valence-electron chi connectivity index (χ1n) is 19.6. The Balaban J connectivity index is 1.15. The summed E-state index contributed by atoms with van der Waals surface area (Å²) in [7, 11) is 0. The van der Waals surface area contributed by atoms with Gasteiger partial charge < -0.3 is 4.90 Å². The second kappa shape index (κ2) is 12.5. The lowest BCUT2D eigenvalue weighted by atomic mass is 9.82. The van der Waals surface area contributed by atoms with Crippen molar-refractivity contribution in [1.82, 2.24) is 0 Å². The number of hydrogen-bond acceptors (Lipinski definition) is 1. The normalized spacial score (nSPS) is 13.0. The number of para-hydroxylation sites is 1. The standard InChI is InChI=1S/C55H39N/c1-55(2)50-21-10-8-20-47(50)48-32-31-44(35-51(48)55)56(43-17-12-16-41(33-43)36-13-4-3-5-14-36)52-22-11-9-18-45(52)42-30-25-38-24-27-40-29-28-39-26-23-37-15-6-7-19-46(37)53(39)54(40)49(38)34-42/h3-35H,1-2H3. The summed E-state index contributed by atoms with van der Waals surface area (Å²) in [4.78, 5) is 2.47. The molecular weight excluding hydrogens is 675 g/mol. The highest BCUT2D eigenvalue weighted by atomic mass is 15.1. The third-order valence-electron chi connectivity index (χ3n) is 12.2. The molecule has 10 aromatic carbocycles. The van der Waals surface area contributed by atoms with Crippen LogP contribution in [0, 0.1) is 0 Å². The molecule has 0 amide bonds. The zero-order chi connectivity index (χ0) is 37.4. The van der Waals surface area contributed by atoms with Crippen LogP contribution in [0.15, 0.2) is 200 Å². The van der Waals surface area contributed by atoms with Gasteiger partial charge in [0.15, 0.2) is 0 Å². The lowest BCUT2D eigenvalue weighted by molar-refractivity contribution is 0.660. The van der Waals surface area contributed by atoms with Gasteiger partial charge in [-0.1, -0.05) is 178 Å². The van der Waals surface area contributed by atoms with Crippen LogP contribution < -0.4 is 4.90 Å². The maximum absolute atomic E-state index is 2.47. The first-order chi connectivity index (χ1) is 27.5. The molecule has 0 heterocycles. The molecule has 0 aromatic heterocycles. The Kier molecular flexibility index (Phi) is 7.28. The van der Waals surface area contributed by atoms with Crippen molar-refractivity contribution in [1.29, 1.82) is 0 Å². The van der Waals surface area contributed by atoms with Crippen LogP contribution in [0.1, 0.15) is 25.0 Å². The number of benzene rings is 10. The molecule has 56 heavy (non-hydrogen) atoms. The van der Waals surface area contributed by atoms with E-state index in [1.165, 1.54) is 87.6 Å². The minimum Gasteiger partial charge on any atom is -0.310 e. The van der Waals surface area contributed by atoms with Crippen LogP contribution in [0.3, 0.4) is 0 Å². The molecule has 0 saturated heterocycles. The van der Waals surface area contributed by atoms with Gasteiger partial charge in [-0.25, -0.2) is 0 Å². The molecule has 0 spiro atoms. The van der Waals surface area contributed by atoms with Crippen LogP contribution in [-0.4, -0.2) is 0 Å². The predicted octanol–water partition coefficient (Wildman–Crippen LogP) is 15.4. The first kappa shape index (κ1) is 32.5. The summed E-state index contributed by atoms with van der Waals surface area (Å²) in [6.45, 7) is 4.73. The molecular formula is C55H39N. The van der Waals surface area contributed by atoms with Gasteiger partial charge >= 0.3 is 0 Å². The van der Waals surface area contributed by atoms with Crippen molar-refractivity contribution in [2.24, 2.45) is 0 Å². The van der Waals surface area contributed by atoms with Gasteiger partial charge in [0.2, 0.25) is 0 Å². The van der Waals surface area contributed by atoms with Gasteiger partial charge in [-0.15, -0.1) is 0 Å². The van der Waals surface area contributed by atoms with Gasteiger partial charge in [-0.2, -0.15) is 0 Å². The summed E-state index contributed by atoms with van der Waals surface area (Å²) in [6, 6.07) is 74.1. The number of hydrogen-bond donors (Lipinski definition) is 0. The molecule has 1 aliphatic carbocycles. The number of anilines is 3. The molecule has 0 unspecified atom stereocenters. The number of rotatable bonds is 5. The van der Waals surface area contributed by atoms with E-state index in [2.05, 4.69) is 219 Å². The maximum Gasteiger partial charge on any atom is 0.0540 e.